The zero-order chi connectivity index (χ0) is 38.1. The second-order valence-corrected chi connectivity index (χ2v) is 14.1. The molecule has 2 aromatic carbocycles. The summed E-state index contributed by atoms with van der Waals surface area (Å²) in [6.07, 6.45) is -3.71. The van der Waals surface area contributed by atoms with Crippen molar-refractivity contribution in [1.29, 1.82) is 0 Å². The van der Waals surface area contributed by atoms with E-state index in [1.165, 1.54) is 31.2 Å². The van der Waals surface area contributed by atoms with Crippen molar-refractivity contribution in [2.75, 3.05) is 19.7 Å². The second-order valence-electron chi connectivity index (χ2n) is 14.1. The number of benzene rings is 2. The topological polar surface area (TPSA) is 101 Å². The minimum absolute atomic E-state index is 0.00655. The van der Waals surface area contributed by atoms with Crippen LogP contribution in [0.3, 0.4) is 0 Å². The number of amides is 1. The number of carbonyl (C=O) groups excluding carboxylic acids is 1. The van der Waals surface area contributed by atoms with Crippen LogP contribution < -0.4 is 10.9 Å². The maximum Gasteiger partial charge on any atom is 0.416 e. The summed E-state index contributed by atoms with van der Waals surface area (Å²) in [6, 6.07) is 3.23. The average molecular weight is 728 g/mol. The molecular weight excluding hydrogens is 685 g/mol. The van der Waals surface area contributed by atoms with Gasteiger partial charge in [0.25, 0.3) is 5.56 Å². The van der Waals surface area contributed by atoms with E-state index in [4.69, 9.17) is 4.74 Å². The van der Waals surface area contributed by atoms with Crippen LogP contribution in [0.15, 0.2) is 41.3 Å². The molecule has 1 amide bonds. The number of hydrogen-bond donors (Lipinski definition) is 2. The van der Waals surface area contributed by atoms with Crippen molar-refractivity contribution in [2.24, 2.45) is 5.92 Å². The molecule has 5 rings (SSSR count). The number of morpholine rings is 1. The Morgan fingerprint density at radius 1 is 1.10 bits per heavy atom. The summed E-state index contributed by atoms with van der Waals surface area (Å²) in [5.74, 6) is 1.48. The van der Waals surface area contributed by atoms with Gasteiger partial charge in [0, 0.05) is 37.0 Å². The summed E-state index contributed by atoms with van der Waals surface area (Å²) in [7, 11) is 0. The third kappa shape index (κ3) is 8.56. The molecule has 2 saturated heterocycles. The number of aryl methyl sites for hydroxylation is 2. The Balaban J connectivity index is 1.56. The molecule has 13 heteroatoms. The number of aliphatic carboxylic acids is 1. The lowest BCUT2D eigenvalue weighted by Gasteiger charge is -2.28. The van der Waals surface area contributed by atoms with Crippen molar-refractivity contribution >= 4 is 11.9 Å². The SMILES string of the molecule is CC#Cc1cc(-c2c(C)cc(F)cc2C)cc([C@H](CC(=O)O)NC(=O)[C@@H](CC(C)C)n2cc(CCN3C[C@@H]4C[C@H]3CO4)c(C(F)(F)F)cc2=O)c1F. The Morgan fingerprint density at radius 2 is 1.79 bits per heavy atom. The van der Waals surface area contributed by atoms with E-state index in [-0.39, 0.29) is 47.6 Å². The summed E-state index contributed by atoms with van der Waals surface area (Å²) >= 11 is 0. The molecule has 2 N–H and O–H groups in total. The number of carboxylic acids is 1. The van der Waals surface area contributed by atoms with Crippen LogP contribution in [-0.2, 0) is 26.9 Å². The Morgan fingerprint density at radius 3 is 2.35 bits per heavy atom. The highest BCUT2D eigenvalue weighted by molar-refractivity contribution is 5.82. The number of pyridine rings is 1. The number of fused-ring (bicyclic) bond motifs is 2. The molecule has 278 valence electrons. The van der Waals surface area contributed by atoms with Crippen LogP contribution in [0, 0.1) is 43.2 Å². The third-order valence-electron chi connectivity index (χ3n) is 9.70. The van der Waals surface area contributed by atoms with Crippen molar-refractivity contribution in [3.8, 4) is 23.0 Å². The van der Waals surface area contributed by atoms with Gasteiger partial charge in [-0.3, -0.25) is 19.3 Å². The van der Waals surface area contributed by atoms with E-state index < -0.39 is 59.3 Å². The van der Waals surface area contributed by atoms with Crippen LogP contribution in [0.25, 0.3) is 11.1 Å². The van der Waals surface area contributed by atoms with Crippen molar-refractivity contribution in [2.45, 2.75) is 90.7 Å². The van der Waals surface area contributed by atoms with Gasteiger partial charge in [-0.2, -0.15) is 13.2 Å². The highest BCUT2D eigenvalue weighted by Gasteiger charge is 2.40. The number of halogens is 5. The summed E-state index contributed by atoms with van der Waals surface area (Å²) in [4.78, 5) is 41.8. The average Bonchev–Trinajstić information content (AvgIpc) is 3.67. The third-order valence-corrected chi connectivity index (χ3v) is 9.70. The summed E-state index contributed by atoms with van der Waals surface area (Å²) in [5, 5.41) is 12.5. The van der Waals surface area contributed by atoms with Gasteiger partial charge in [-0.1, -0.05) is 19.8 Å². The molecule has 0 spiro atoms. The number of carbonyl (C=O) groups is 2. The number of alkyl halides is 3. The molecule has 2 aliphatic rings. The summed E-state index contributed by atoms with van der Waals surface area (Å²) in [6.45, 7) is 9.76. The fraction of sp³-hybridized carbons (Fsp3) is 0.462. The van der Waals surface area contributed by atoms with E-state index in [9.17, 15) is 37.1 Å². The largest absolute Gasteiger partial charge is 0.481 e. The number of nitrogens with one attached hydrogen (secondary N) is 1. The fourth-order valence-electron chi connectivity index (χ4n) is 7.43. The monoisotopic (exact) mass is 727 g/mol. The van der Waals surface area contributed by atoms with Crippen LogP contribution >= 0.6 is 0 Å². The first-order valence-electron chi connectivity index (χ1n) is 17.2. The predicted molar refractivity (Wildman–Crippen MR) is 185 cm³/mol. The van der Waals surface area contributed by atoms with Crippen molar-refractivity contribution in [1.82, 2.24) is 14.8 Å². The van der Waals surface area contributed by atoms with Gasteiger partial charge in [-0.15, -0.1) is 5.92 Å². The lowest BCUT2D eigenvalue weighted by molar-refractivity contribution is -0.139. The predicted octanol–water partition coefficient (Wildman–Crippen LogP) is 6.74. The van der Waals surface area contributed by atoms with E-state index in [0.717, 1.165) is 17.2 Å². The first kappa shape index (κ1) is 38.7. The number of likely N-dealkylation sites (tertiary alicyclic amines) is 1. The van der Waals surface area contributed by atoms with Crippen LogP contribution in [0.2, 0.25) is 0 Å². The van der Waals surface area contributed by atoms with Crippen LogP contribution in [0.4, 0.5) is 22.0 Å². The normalized spacial score (nSPS) is 18.3. The number of ether oxygens (including phenoxy) is 1. The van der Waals surface area contributed by atoms with E-state index in [1.807, 2.05) is 0 Å². The molecule has 3 heterocycles. The van der Waals surface area contributed by atoms with Crippen LogP contribution in [0.1, 0.15) is 85.5 Å². The molecular formula is C39H42F5N3O5. The molecule has 4 atom stereocenters. The Hall–Kier alpha value is -4.54. The van der Waals surface area contributed by atoms with Crippen molar-refractivity contribution < 1.29 is 41.4 Å². The van der Waals surface area contributed by atoms with Gasteiger partial charge in [0.1, 0.15) is 17.7 Å². The maximum absolute atomic E-state index is 16.2. The van der Waals surface area contributed by atoms with E-state index in [0.29, 0.717) is 48.0 Å². The molecule has 0 unspecified atom stereocenters. The van der Waals surface area contributed by atoms with Gasteiger partial charge >= 0.3 is 12.1 Å². The lowest BCUT2D eigenvalue weighted by Crippen LogP contribution is -2.41. The fourth-order valence-corrected chi connectivity index (χ4v) is 7.43. The minimum Gasteiger partial charge on any atom is -0.481 e. The molecule has 8 nitrogen and oxygen atoms in total. The number of aromatic nitrogens is 1. The van der Waals surface area contributed by atoms with E-state index >= 15 is 4.39 Å². The van der Waals surface area contributed by atoms with Crippen LogP contribution in [-0.4, -0.2) is 58.3 Å². The minimum atomic E-state index is -4.83. The first-order chi connectivity index (χ1) is 24.5. The molecule has 0 aliphatic carbocycles. The van der Waals surface area contributed by atoms with Gasteiger partial charge in [-0.05, 0) is 98.0 Å². The number of carboxylic acid groups (broad SMARTS) is 1. The zero-order valence-corrected chi connectivity index (χ0v) is 29.7. The molecule has 2 bridgehead atoms. The molecule has 1 aromatic heterocycles. The van der Waals surface area contributed by atoms with Gasteiger partial charge in [0.2, 0.25) is 5.91 Å². The Labute approximate surface area is 299 Å². The van der Waals surface area contributed by atoms with Gasteiger partial charge in [0.05, 0.1) is 36.3 Å². The quantitative estimate of drug-likeness (QED) is 0.159. The Bertz CT molecular complexity index is 1960. The zero-order valence-electron chi connectivity index (χ0n) is 29.7. The van der Waals surface area contributed by atoms with E-state index in [1.54, 1.807) is 27.7 Å². The number of nitrogens with zero attached hydrogens (tertiary/aromatic N) is 2. The standard InChI is InChI=1S/C39H42F5N3O5/c1-6-7-24-13-26(36-22(4)11-27(40)12-23(36)5)14-30(37(24)41)32(17-35(49)50)45-38(51)33(10-21(2)3)47-18-25(31(16-34(47)48)39(42,43)44)8-9-46-19-29-15-28(46)20-52-29/h11-14,16,18,21,28-29,32-33H,8-10,15,17,19-20H2,1-5H3,(H,45,51)(H,49,50)/t28-,29-,32-,33+/m0/s1. The lowest BCUT2D eigenvalue weighted by atomic mass is 9.90. The Kier molecular flexibility index (Phi) is 11.6. The first-order valence-corrected chi connectivity index (χ1v) is 17.2. The van der Waals surface area contributed by atoms with Crippen molar-refractivity contribution in [3.63, 3.8) is 0 Å². The van der Waals surface area contributed by atoms with E-state index in [2.05, 4.69) is 22.1 Å². The summed E-state index contributed by atoms with van der Waals surface area (Å²) < 4.78 is 79.6. The van der Waals surface area contributed by atoms with Gasteiger partial charge < -0.3 is 19.7 Å². The second kappa shape index (κ2) is 15.6. The molecule has 3 aromatic rings. The molecule has 52 heavy (non-hydrogen) atoms. The van der Waals surface area contributed by atoms with Gasteiger partial charge in [-0.25, -0.2) is 8.78 Å². The highest BCUT2D eigenvalue weighted by Crippen LogP contribution is 2.36. The molecule has 0 radical (unpaired) electrons. The number of hydrogen-bond acceptors (Lipinski definition) is 5. The molecule has 2 fully saturated rings. The van der Waals surface area contributed by atoms with Gasteiger partial charge in [0.15, 0.2) is 0 Å². The summed E-state index contributed by atoms with van der Waals surface area (Å²) in [5.41, 5.74) is -0.552. The van der Waals surface area contributed by atoms with Crippen LogP contribution in [0.5, 0.6) is 0 Å². The molecule has 2 aliphatic heterocycles. The van der Waals surface area contributed by atoms with Crippen molar-refractivity contribution in [3.05, 3.63) is 91.9 Å². The highest BCUT2D eigenvalue weighted by atomic mass is 19.4. The smallest absolute Gasteiger partial charge is 0.416 e. The number of rotatable bonds is 12. The molecule has 0 saturated carbocycles. The maximum atomic E-state index is 16.2.